The normalized spacial score (nSPS) is 25.1. The highest BCUT2D eigenvalue weighted by Crippen LogP contribution is 2.33. The van der Waals surface area contributed by atoms with Crippen LogP contribution in [0, 0.1) is 5.92 Å². The second kappa shape index (κ2) is 6.62. The van der Waals surface area contributed by atoms with Gasteiger partial charge in [0.25, 0.3) is 0 Å². The van der Waals surface area contributed by atoms with Gasteiger partial charge in [0, 0.05) is 6.04 Å². The molecule has 0 aliphatic heterocycles. The zero-order valence-corrected chi connectivity index (χ0v) is 12.6. The smallest absolute Gasteiger partial charge is 0.138 e. The summed E-state index contributed by atoms with van der Waals surface area (Å²) in [4.78, 5) is 0. The van der Waals surface area contributed by atoms with Gasteiger partial charge in [0.05, 0.1) is 11.1 Å². The van der Waals surface area contributed by atoms with Crippen molar-refractivity contribution in [1.29, 1.82) is 0 Å². The number of rotatable bonds is 4. The molecule has 1 aromatic carbocycles. The Labute approximate surface area is 121 Å². The molecule has 0 spiro atoms. The summed E-state index contributed by atoms with van der Waals surface area (Å²) in [6, 6.07) is 5.88. The maximum absolute atomic E-state index is 6.27. The molecule has 106 valence electrons. The summed E-state index contributed by atoms with van der Waals surface area (Å²) >= 11 is 6.27. The Kier molecular flexibility index (Phi) is 5.12. The van der Waals surface area contributed by atoms with Crippen molar-refractivity contribution in [3.05, 3.63) is 28.8 Å². The molecule has 0 saturated heterocycles. The van der Waals surface area contributed by atoms with Crippen molar-refractivity contribution in [2.24, 2.45) is 11.7 Å². The molecule has 3 heteroatoms. The molecule has 2 rings (SSSR count). The first-order chi connectivity index (χ1) is 9.10. The van der Waals surface area contributed by atoms with E-state index in [0.717, 1.165) is 30.1 Å². The third-order valence-electron chi connectivity index (χ3n) is 4.15. The summed E-state index contributed by atoms with van der Waals surface area (Å²) in [6.07, 6.45) is 6.44. The first-order valence-electron chi connectivity index (χ1n) is 7.31. The third kappa shape index (κ3) is 3.87. The van der Waals surface area contributed by atoms with E-state index in [2.05, 4.69) is 6.92 Å². The fraction of sp³-hybridized carbons (Fsp3) is 0.625. The number of halogens is 1. The van der Waals surface area contributed by atoms with E-state index in [9.17, 15) is 0 Å². The molecule has 1 atom stereocenters. The van der Waals surface area contributed by atoms with Gasteiger partial charge in [-0.1, -0.05) is 31.0 Å². The molecule has 1 aromatic rings. The zero-order valence-electron chi connectivity index (χ0n) is 11.9. The minimum atomic E-state index is 0.00606. The van der Waals surface area contributed by atoms with Crippen LogP contribution in [0.1, 0.15) is 57.6 Å². The summed E-state index contributed by atoms with van der Waals surface area (Å²) in [5, 5.41) is 0.674. The summed E-state index contributed by atoms with van der Waals surface area (Å²) in [6.45, 7) is 4.23. The largest absolute Gasteiger partial charge is 0.489 e. The van der Waals surface area contributed by atoms with E-state index >= 15 is 0 Å². The maximum Gasteiger partial charge on any atom is 0.138 e. The van der Waals surface area contributed by atoms with Crippen LogP contribution in [0.15, 0.2) is 18.2 Å². The van der Waals surface area contributed by atoms with E-state index in [1.807, 2.05) is 25.1 Å². The standard InChI is InChI=1S/C16H24ClNO/c1-3-12-4-7-14(8-5-12)19-16-9-6-13(11(2)18)10-15(16)17/h6,9-12,14H,3-5,7-8,18H2,1-2H3/t11-,12?,14?/m1/s1. The average molecular weight is 282 g/mol. The summed E-state index contributed by atoms with van der Waals surface area (Å²) in [5.41, 5.74) is 6.90. The molecular weight excluding hydrogens is 258 g/mol. The van der Waals surface area contributed by atoms with Gasteiger partial charge in [0.2, 0.25) is 0 Å². The van der Waals surface area contributed by atoms with E-state index in [0.29, 0.717) is 11.1 Å². The topological polar surface area (TPSA) is 35.2 Å². The highest BCUT2D eigenvalue weighted by molar-refractivity contribution is 6.32. The van der Waals surface area contributed by atoms with Gasteiger partial charge in [-0.2, -0.15) is 0 Å². The SMILES string of the molecule is CCC1CCC(Oc2ccc([C@@H](C)N)cc2Cl)CC1. The van der Waals surface area contributed by atoms with Gasteiger partial charge in [-0.15, -0.1) is 0 Å². The van der Waals surface area contributed by atoms with Crippen LogP contribution in [-0.2, 0) is 0 Å². The minimum absolute atomic E-state index is 0.00606. The van der Waals surface area contributed by atoms with E-state index in [-0.39, 0.29) is 6.04 Å². The lowest BCUT2D eigenvalue weighted by Gasteiger charge is -2.28. The van der Waals surface area contributed by atoms with Crippen LogP contribution in [0.2, 0.25) is 5.02 Å². The molecule has 2 nitrogen and oxygen atoms in total. The van der Waals surface area contributed by atoms with Gasteiger partial charge in [-0.3, -0.25) is 0 Å². The fourth-order valence-electron chi connectivity index (χ4n) is 2.73. The predicted octanol–water partition coefficient (Wildman–Crippen LogP) is 4.71. The van der Waals surface area contributed by atoms with Crippen molar-refractivity contribution < 1.29 is 4.74 Å². The van der Waals surface area contributed by atoms with Gasteiger partial charge in [0.15, 0.2) is 0 Å². The molecule has 0 aromatic heterocycles. The predicted molar refractivity (Wildman–Crippen MR) is 80.7 cm³/mol. The molecule has 0 radical (unpaired) electrons. The fourth-order valence-corrected chi connectivity index (χ4v) is 2.97. The molecule has 1 aliphatic carbocycles. The van der Waals surface area contributed by atoms with Crippen LogP contribution in [0.4, 0.5) is 0 Å². The lowest BCUT2D eigenvalue weighted by molar-refractivity contribution is 0.130. The highest BCUT2D eigenvalue weighted by Gasteiger charge is 2.21. The lowest BCUT2D eigenvalue weighted by Crippen LogP contribution is -2.24. The van der Waals surface area contributed by atoms with Gasteiger partial charge in [0.1, 0.15) is 5.75 Å². The number of ether oxygens (including phenoxy) is 1. The quantitative estimate of drug-likeness (QED) is 0.868. The molecule has 0 amide bonds. The lowest BCUT2D eigenvalue weighted by atomic mass is 9.86. The Morgan fingerprint density at radius 3 is 2.53 bits per heavy atom. The van der Waals surface area contributed by atoms with E-state index in [1.165, 1.54) is 19.3 Å². The molecule has 0 unspecified atom stereocenters. The Bertz CT molecular complexity index is 411. The van der Waals surface area contributed by atoms with Gasteiger partial charge in [-0.05, 0) is 56.2 Å². The van der Waals surface area contributed by atoms with E-state index in [4.69, 9.17) is 22.1 Å². The van der Waals surface area contributed by atoms with Crippen LogP contribution in [0.5, 0.6) is 5.75 Å². The van der Waals surface area contributed by atoms with Crippen molar-refractivity contribution in [3.8, 4) is 5.75 Å². The van der Waals surface area contributed by atoms with Crippen LogP contribution in [0.3, 0.4) is 0 Å². The summed E-state index contributed by atoms with van der Waals surface area (Å²) < 4.78 is 6.04. The molecule has 0 bridgehead atoms. The van der Waals surface area contributed by atoms with Crippen LogP contribution in [-0.4, -0.2) is 6.10 Å². The van der Waals surface area contributed by atoms with Crippen LogP contribution in [0.25, 0.3) is 0 Å². The van der Waals surface area contributed by atoms with Gasteiger partial charge in [-0.25, -0.2) is 0 Å². The molecule has 1 saturated carbocycles. The average Bonchev–Trinajstić information content (AvgIpc) is 2.41. The summed E-state index contributed by atoms with van der Waals surface area (Å²) in [7, 11) is 0. The minimum Gasteiger partial charge on any atom is -0.489 e. The molecule has 2 N–H and O–H groups in total. The monoisotopic (exact) mass is 281 g/mol. The van der Waals surface area contributed by atoms with Crippen LogP contribution < -0.4 is 10.5 Å². The van der Waals surface area contributed by atoms with Crippen molar-refractivity contribution in [2.75, 3.05) is 0 Å². The molecular formula is C16H24ClNO. The highest BCUT2D eigenvalue weighted by atomic mass is 35.5. The molecule has 0 heterocycles. The van der Waals surface area contributed by atoms with Crippen molar-refractivity contribution in [2.45, 2.75) is 58.1 Å². The first kappa shape index (κ1) is 14.7. The van der Waals surface area contributed by atoms with Crippen molar-refractivity contribution >= 4 is 11.6 Å². The van der Waals surface area contributed by atoms with E-state index in [1.54, 1.807) is 0 Å². The first-order valence-corrected chi connectivity index (χ1v) is 7.69. The van der Waals surface area contributed by atoms with Gasteiger partial charge < -0.3 is 10.5 Å². The Morgan fingerprint density at radius 2 is 2.00 bits per heavy atom. The number of nitrogens with two attached hydrogens (primary N) is 1. The number of benzene rings is 1. The second-order valence-corrected chi connectivity index (χ2v) is 6.05. The number of hydrogen-bond donors (Lipinski definition) is 1. The van der Waals surface area contributed by atoms with Crippen LogP contribution >= 0.6 is 11.6 Å². The third-order valence-corrected chi connectivity index (χ3v) is 4.44. The van der Waals surface area contributed by atoms with Crippen molar-refractivity contribution in [1.82, 2.24) is 0 Å². The number of hydrogen-bond acceptors (Lipinski definition) is 2. The molecule has 19 heavy (non-hydrogen) atoms. The van der Waals surface area contributed by atoms with Crippen molar-refractivity contribution in [3.63, 3.8) is 0 Å². The Balaban J connectivity index is 1.96. The summed E-state index contributed by atoms with van der Waals surface area (Å²) in [5.74, 6) is 1.68. The maximum atomic E-state index is 6.27. The molecule has 1 aliphatic rings. The van der Waals surface area contributed by atoms with E-state index < -0.39 is 0 Å². The second-order valence-electron chi connectivity index (χ2n) is 5.65. The van der Waals surface area contributed by atoms with Gasteiger partial charge >= 0.3 is 0 Å². The Hall–Kier alpha value is -0.730. The zero-order chi connectivity index (χ0) is 13.8. The Morgan fingerprint density at radius 1 is 1.32 bits per heavy atom. The molecule has 1 fully saturated rings.